The Morgan fingerprint density at radius 3 is 2.31 bits per heavy atom. The molecule has 1 heterocycles. The average Bonchev–Trinajstić information content (AvgIpc) is 2.79. The first-order valence-electron chi connectivity index (χ1n) is 9.26. The third-order valence-corrected chi connectivity index (χ3v) is 4.68. The SMILES string of the molecule is COc1ccc(/C=N\NC(=O)C(=O)N2CCN(c3ccccc3OC)CC2)cc1. The summed E-state index contributed by atoms with van der Waals surface area (Å²) in [5.41, 5.74) is 4.06. The van der Waals surface area contributed by atoms with Crippen LogP contribution in [-0.2, 0) is 9.59 Å². The van der Waals surface area contributed by atoms with Crippen LogP contribution >= 0.6 is 0 Å². The van der Waals surface area contributed by atoms with Gasteiger partial charge in [0.25, 0.3) is 0 Å². The number of nitrogens with zero attached hydrogens (tertiary/aromatic N) is 3. The van der Waals surface area contributed by atoms with E-state index in [2.05, 4.69) is 15.4 Å². The van der Waals surface area contributed by atoms with Gasteiger partial charge in [0, 0.05) is 26.2 Å². The van der Waals surface area contributed by atoms with Gasteiger partial charge >= 0.3 is 11.8 Å². The van der Waals surface area contributed by atoms with Crippen molar-refractivity contribution in [3.05, 3.63) is 54.1 Å². The van der Waals surface area contributed by atoms with E-state index in [4.69, 9.17) is 9.47 Å². The third kappa shape index (κ3) is 5.04. The van der Waals surface area contributed by atoms with Crippen LogP contribution in [-0.4, -0.2) is 63.3 Å². The number of amides is 2. The molecule has 1 aliphatic rings. The zero-order valence-electron chi connectivity index (χ0n) is 16.5. The van der Waals surface area contributed by atoms with E-state index in [0.29, 0.717) is 26.2 Å². The molecule has 152 valence electrons. The predicted molar refractivity (Wildman–Crippen MR) is 111 cm³/mol. The summed E-state index contributed by atoms with van der Waals surface area (Å²) in [5, 5.41) is 3.86. The van der Waals surface area contributed by atoms with Crippen molar-refractivity contribution in [2.24, 2.45) is 5.10 Å². The van der Waals surface area contributed by atoms with Gasteiger partial charge in [0.05, 0.1) is 26.1 Å². The second-order valence-electron chi connectivity index (χ2n) is 6.42. The van der Waals surface area contributed by atoms with Gasteiger partial charge in [0.2, 0.25) is 0 Å². The fourth-order valence-corrected chi connectivity index (χ4v) is 3.09. The van der Waals surface area contributed by atoms with Gasteiger partial charge in [-0.3, -0.25) is 9.59 Å². The highest BCUT2D eigenvalue weighted by molar-refractivity contribution is 6.35. The molecule has 0 saturated carbocycles. The largest absolute Gasteiger partial charge is 0.497 e. The zero-order valence-corrected chi connectivity index (χ0v) is 16.5. The van der Waals surface area contributed by atoms with Crippen molar-refractivity contribution >= 4 is 23.7 Å². The van der Waals surface area contributed by atoms with Crippen molar-refractivity contribution in [3.63, 3.8) is 0 Å². The van der Waals surface area contributed by atoms with E-state index >= 15 is 0 Å². The number of hydrogen-bond donors (Lipinski definition) is 1. The Balaban J connectivity index is 1.50. The molecule has 0 aromatic heterocycles. The fourth-order valence-electron chi connectivity index (χ4n) is 3.09. The first kappa shape index (κ1) is 20.2. The van der Waals surface area contributed by atoms with E-state index in [1.54, 1.807) is 38.5 Å². The highest BCUT2D eigenvalue weighted by Crippen LogP contribution is 2.28. The van der Waals surface area contributed by atoms with Crippen LogP contribution in [0.3, 0.4) is 0 Å². The number of benzene rings is 2. The monoisotopic (exact) mass is 396 g/mol. The molecule has 29 heavy (non-hydrogen) atoms. The normalized spacial score (nSPS) is 14.0. The Labute approximate surface area is 169 Å². The third-order valence-electron chi connectivity index (χ3n) is 4.68. The van der Waals surface area contributed by atoms with Crippen LogP contribution < -0.4 is 19.8 Å². The van der Waals surface area contributed by atoms with E-state index in [9.17, 15) is 9.59 Å². The maximum atomic E-state index is 12.4. The van der Waals surface area contributed by atoms with Gasteiger partial charge in [0.1, 0.15) is 11.5 Å². The molecule has 8 nitrogen and oxygen atoms in total. The van der Waals surface area contributed by atoms with Gasteiger partial charge in [-0.15, -0.1) is 0 Å². The molecule has 0 radical (unpaired) electrons. The maximum absolute atomic E-state index is 12.4. The molecule has 8 heteroatoms. The summed E-state index contributed by atoms with van der Waals surface area (Å²) in [4.78, 5) is 28.2. The van der Waals surface area contributed by atoms with Crippen molar-refractivity contribution in [1.82, 2.24) is 10.3 Å². The van der Waals surface area contributed by atoms with Crippen molar-refractivity contribution in [3.8, 4) is 11.5 Å². The molecule has 0 bridgehead atoms. The minimum absolute atomic E-state index is 0.451. The Morgan fingerprint density at radius 1 is 0.966 bits per heavy atom. The van der Waals surface area contributed by atoms with Crippen molar-refractivity contribution in [2.45, 2.75) is 0 Å². The number of anilines is 1. The van der Waals surface area contributed by atoms with E-state index in [1.807, 2.05) is 24.3 Å². The van der Waals surface area contributed by atoms with E-state index < -0.39 is 11.8 Å². The zero-order chi connectivity index (χ0) is 20.6. The lowest BCUT2D eigenvalue weighted by atomic mass is 10.2. The van der Waals surface area contributed by atoms with Gasteiger partial charge in [-0.25, -0.2) is 5.43 Å². The molecule has 1 saturated heterocycles. The van der Waals surface area contributed by atoms with E-state index in [1.165, 1.54) is 11.1 Å². The molecular weight excluding hydrogens is 372 g/mol. The van der Waals surface area contributed by atoms with Crippen LogP contribution in [0.4, 0.5) is 5.69 Å². The number of rotatable bonds is 5. The number of methoxy groups -OCH3 is 2. The topological polar surface area (TPSA) is 83.5 Å². The van der Waals surface area contributed by atoms with Crippen molar-refractivity contribution < 1.29 is 19.1 Å². The van der Waals surface area contributed by atoms with Gasteiger partial charge in [-0.2, -0.15) is 5.10 Å². The van der Waals surface area contributed by atoms with Crippen LogP contribution in [0.2, 0.25) is 0 Å². The van der Waals surface area contributed by atoms with Gasteiger partial charge in [-0.05, 0) is 42.0 Å². The van der Waals surface area contributed by atoms with Gasteiger partial charge in [-0.1, -0.05) is 12.1 Å². The minimum atomic E-state index is -0.750. The average molecular weight is 396 g/mol. The molecular formula is C21H24N4O4. The molecule has 2 amide bonds. The number of nitrogens with one attached hydrogen (secondary N) is 1. The molecule has 1 fully saturated rings. The molecule has 2 aromatic rings. The molecule has 0 spiro atoms. The maximum Gasteiger partial charge on any atom is 0.329 e. The Kier molecular flexibility index (Phi) is 6.67. The molecule has 1 aliphatic heterocycles. The highest BCUT2D eigenvalue weighted by Gasteiger charge is 2.26. The highest BCUT2D eigenvalue weighted by atomic mass is 16.5. The summed E-state index contributed by atoms with van der Waals surface area (Å²) in [6.45, 7) is 2.14. The van der Waals surface area contributed by atoms with Crippen LogP contribution in [0.25, 0.3) is 0 Å². The summed E-state index contributed by atoms with van der Waals surface area (Å²) in [6.07, 6.45) is 1.48. The summed E-state index contributed by atoms with van der Waals surface area (Å²) >= 11 is 0. The second-order valence-corrected chi connectivity index (χ2v) is 6.42. The van der Waals surface area contributed by atoms with Crippen LogP contribution in [0.1, 0.15) is 5.56 Å². The number of ether oxygens (including phenoxy) is 2. The molecule has 2 aromatic carbocycles. The molecule has 1 N–H and O–H groups in total. The van der Waals surface area contributed by atoms with Crippen LogP contribution in [0.15, 0.2) is 53.6 Å². The summed E-state index contributed by atoms with van der Waals surface area (Å²) in [7, 11) is 3.22. The smallest absolute Gasteiger partial charge is 0.329 e. The first-order chi connectivity index (χ1) is 14.1. The quantitative estimate of drug-likeness (QED) is 0.471. The standard InChI is InChI=1S/C21H24N4O4/c1-28-17-9-7-16(8-10-17)15-22-23-20(26)21(27)25-13-11-24(12-14-25)18-5-3-4-6-19(18)29-2/h3-10,15H,11-14H2,1-2H3,(H,23,26)/b22-15-. The Hall–Kier alpha value is -3.55. The number of hydrazone groups is 1. The van der Waals surface area contributed by atoms with Gasteiger partial charge < -0.3 is 19.3 Å². The first-order valence-corrected chi connectivity index (χ1v) is 9.26. The summed E-state index contributed by atoms with van der Waals surface area (Å²) in [6, 6.07) is 14.9. The van der Waals surface area contributed by atoms with Gasteiger partial charge in [0.15, 0.2) is 0 Å². The number of carbonyl (C=O) groups excluding carboxylic acids is 2. The lowest BCUT2D eigenvalue weighted by Crippen LogP contribution is -2.52. The summed E-state index contributed by atoms with van der Waals surface area (Å²) in [5.74, 6) is 0.184. The second kappa shape index (κ2) is 9.59. The number of para-hydroxylation sites is 2. The number of hydrogen-bond acceptors (Lipinski definition) is 6. The fraction of sp³-hybridized carbons (Fsp3) is 0.286. The van der Waals surface area contributed by atoms with Crippen molar-refractivity contribution in [2.75, 3.05) is 45.3 Å². The lowest BCUT2D eigenvalue weighted by Gasteiger charge is -2.36. The predicted octanol–water partition coefficient (Wildman–Crippen LogP) is 1.50. The Bertz CT molecular complexity index is 875. The van der Waals surface area contributed by atoms with Crippen molar-refractivity contribution in [1.29, 1.82) is 0 Å². The number of carbonyl (C=O) groups is 2. The number of piperazine rings is 1. The lowest BCUT2D eigenvalue weighted by molar-refractivity contribution is -0.146. The van der Waals surface area contributed by atoms with Crippen LogP contribution in [0, 0.1) is 0 Å². The summed E-state index contributed by atoms with van der Waals surface area (Å²) < 4.78 is 10.5. The molecule has 3 rings (SSSR count). The van der Waals surface area contributed by atoms with E-state index in [0.717, 1.165) is 22.7 Å². The molecule has 0 unspecified atom stereocenters. The van der Waals surface area contributed by atoms with Crippen LogP contribution in [0.5, 0.6) is 11.5 Å². The molecule has 0 atom stereocenters. The minimum Gasteiger partial charge on any atom is -0.497 e. The Morgan fingerprint density at radius 2 is 1.66 bits per heavy atom. The molecule has 0 aliphatic carbocycles. The van der Waals surface area contributed by atoms with E-state index in [-0.39, 0.29) is 0 Å².